The molecule has 2 unspecified atom stereocenters. The van der Waals surface area contributed by atoms with Crippen LogP contribution in [-0.2, 0) is 16.0 Å². The highest BCUT2D eigenvalue weighted by Gasteiger charge is 2.33. The minimum absolute atomic E-state index is 0.171. The molecular formula is C15H19FN2O3. The van der Waals surface area contributed by atoms with E-state index in [1.54, 1.807) is 12.1 Å². The van der Waals surface area contributed by atoms with Crippen LogP contribution in [0.25, 0.3) is 0 Å². The van der Waals surface area contributed by atoms with Crippen LogP contribution >= 0.6 is 0 Å². The van der Waals surface area contributed by atoms with E-state index in [2.05, 4.69) is 0 Å². The van der Waals surface area contributed by atoms with Gasteiger partial charge in [-0.15, -0.1) is 0 Å². The highest BCUT2D eigenvalue weighted by Crippen LogP contribution is 2.19. The molecule has 3 N–H and O–H groups in total. The Morgan fingerprint density at radius 1 is 1.33 bits per heavy atom. The smallest absolute Gasteiger partial charge is 0.240 e. The van der Waals surface area contributed by atoms with Gasteiger partial charge in [0.1, 0.15) is 11.9 Å². The Morgan fingerprint density at radius 2 is 2.00 bits per heavy atom. The van der Waals surface area contributed by atoms with Crippen molar-refractivity contribution in [3.63, 3.8) is 0 Å². The number of primary amides is 1. The Balaban J connectivity index is 1.95. The molecule has 1 aliphatic heterocycles. The zero-order chi connectivity index (χ0) is 15.4. The van der Waals surface area contributed by atoms with Crippen LogP contribution < -0.4 is 5.73 Å². The van der Waals surface area contributed by atoms with Gasteiger partial charge in [0.2, 0.25) is 11.8 Å². The van der Waals surface area contributed by atoms with Crippen LogP contribution in [-0.4, -0.2) is 40.5 Å². The van der Waals surface area contributed by atoms with Crippen LogP contribution in [0.15, 0.2) is 24.3 Å². The van der Waals surface area contributed by atoms with Crippen molar-refractivity contribution in [3.8, 4) is 0 Å². The summed E-state index contributed by atoms with van der Waals surface area (Å²) in [5.41, 5.74) is 6.15. The van der Waals surface area contributed by atoms with E-state index in [-0.39, 0.29) is 24.6 Å². The number of amides is 2. The molecule has 0 bridgehead atoms. The lowest BCUT2D eigenvalue weighted by Crippen LogP contribution is -2.53. The predicted octanol–water partition coefficient (Wildman–Crippen LogP) is 0.595. The summed E-state index contributed by atoms with van der Waals surface area (Å²) in [6.45, 7) is 0.330. The fraction of sp³-hybridized carbons (Fsp3) is 0.467. The number of hydrogen-bond acceptors (Lipinski definition) is 3. The Hall–Kier alpha value is -1.95. The number of carbonyl (C=O) groups is 2. The number of benzene rings is 1. The lowest BCUT2D eigenvalue weighted by Gasteiger charge is -2.36. The molecule has 1 fully saturated rings. The third-order valence-corrected chi connectivity index (χ3v) is 3.76. The molecule has 1 aromatic rings. The van der Waals surface area contributed by atoms with Crippen LogP contribution in [0.5, 0.6) is 0 Å². The number of halogens is 1. The van der Waals surface area contributed by atoms with Gasteiger partial charge in [-0.25, -0.2) is 4.39 Å². The van der Waals surface area contributed by atoms with Crippen molar-refractivity contribution in [1.82, 2.24) is 4.90 Å². The van der Waals surface area contributed by atoms with Crippen LogP contribution in [0.2, 0.25) is 0 Å². The number of piperidine rings is 1. The first-order valence-electron chi connectivity index (χ1n) is 6.98. The summed E-state index contributed by atoms with van der Waals surface area (Å²) >= 11 is 0. The molecule has 0 radical (unpaired) electrons. The predicted molar refractivity (Wildman–Crippen MR) is 74.7 cm³/mol. The first-order chi connectivity index (χ1) is 9.97. The van der Waals surface area contributed by atoms with E-state index in [0.29, 0.717) is 19.4 Å². The molecular weight excluding hydrogens is 275 g/mol. The molecule has 1 saturated heterocycles. The van der Waals surface area contributed by atoms with Gasteiger partial charge < -0.3 is 15.7 Å². The molecule has 0 aromatic heterocycles. The second-order valence-corrected chi connectivity index (χ2v) is 5.31. The Morgan fingerprint density at radius 3 is 2.62 bits per heavy atom. The fourth-order valence-electron chi connectivity index (χ4n) is 2.56. The standard InChI is InChI=1S/C15H19FN2O3/c16-11-4-1-10(2-5-11)3-6-14(20)18-8-7-12(19)9-13(18)15(17)21/h1-2,4-5,12-13,19H,3,6-9H2,(H2,17,21). The fourth-order valence-corrected chi connectivity index (χ4v) is 2.56. The number of likely N-dealkylation sites (tertiary alicyclic amines) is 1. The Labute approximate surface area is 122 Å². The molecule has 1 aliphatic rings. The first kappa shape index (κ1) is 15.4. The Bertz CT molecular complexity index is 518. The summed E-state index contributed by atoms with van der Waals surface area (Å²) < 4.78 is 12.8. The van der Waals surface area contributed by atoms with Crippen molar-refractivity contribution in [1.29, 1.82) is 0 Å². The number of nitrogens with two attached hydrogens (primary N) is 1. The summed E-state index contributed by atoms with van der Waals surface area (Å²) in [6.07, 6.45) is 0.752. The van der Waals surface area contributed by atoms with Gasteiger partial charge in [-0.05, 0) is 30.5 Å². The summed E-state index contributed by atoms with van der Waals surface area (Å²) in [5, 5.41) is 9.58. The molecule has 0 saturated carbocycles. The van der Waals surface area contributed by atoms with Crippen molar-refractivity contribution in [3.05, 3.63) is 35.6 Å². The second-order valence-electron chi connectivity index (χ2n) is 5.31. The van der Waals surface area contributed by atoms with Gasteiger partial charge in [-0.2, -0.15) is 0 Å². The van der Waals surface area contributed by atoms with E-state index in [4.69, 9.17) is 5.73 Å². The van der Waals surface area contributed by atoms with Gasteiger partial charge in [0, 0.05) is 19.4 Å². The monoisotopic (exact) mass is 294 g/mol. The number of rotatable bonds is 4. The van der Waals surface area contributed by atoms with Crippen molar-refractivity contribution >= 4 is 11.8 Å². The largest absolute Gasteiger partial charge is 0.393 e. The molecule has 1 aromatic carbocycles. The average molecular weight is 294 g/mol. The van der Waals surface area contributed by atoms with Crippen molar-refractivity contribution in [2.24, 2.45) is 5.73 Å². The maximum atomic E-state index is 12.8. The zero-order valence-corrected chi connectivity index (χ0v) is 11.7. The number of aliphatic hydroxyl groups excluding tert-OH is 1. The van der Waals surface area contributed by atoms with E-state index in [0.717, 1.165) is 5.56 Å². The molecule has 5 nitrogen and oxygen atoms in total. The lowest BCUT2D eigenvalue weighted by atomic mass is 9.98. The van der Waals surface area contributed by atoms with Crippen molar-refractivity contribution in [2.75, 3.05) is 6.54 Å². The molecule has 2 amide bonds. The maximum absolute atomic E-state index is 12.8. The number of hydrogen-bond donors (Lipinski definition) is 2. The third-order valence-electron chi connectivity index (χ3n) is 3.76. The number of carbonyl (C=O) groups excluding carboxylic acids is 2. The van der Waals surface area contributed by atoms with E-state index in [9.17, 15) is 19.1 Å². The third kappa shape index (κ3) is 4.01. The van der Waals surface area contributed by atoms with Gasteiger partial charge in [-0.3, -0.25) is 9.59 Å². The van der Waals surface area contributed by atoms with Gasteiger partial charge in [0.05, 0.1) is 6.10 Å². The molecule has 21 heavy (non-hydrogen) atoms. The summed E-state index contributed by atoms with van der Waals surface area (Å²) in [4.78, 5) is 25.1. The summed E-state index contributed by atoms with van der Waals surface area (Å²) in [5.74, 6) is -1.08. The highest BCUT2D eigenvalue weighted by molar-refractivity contribution is 5.87. The van der Waals surface area contributed by atoms with E-state index < -0.39 is 18.1 Å². The van der Waals surface area contributed by atoms with Crippen molar-refractivity contribution < 1.29 is 19.1 Å². The molecule has 0 spiro atoms. The second kappa shape index (κ2) is 6.67. The van der Waals surface area contributed by atoms with Crippen LogP contribution in [0.3, 0.4) is 0 Å². The molecule has 6 heteroatoms. The molecule has 1 heterocycles. The summed E-state index contributed by atoms with van der Waals surface area (Å²) in [7, 11) is 0. The van der Waals surface area contributed by atoms with E-state index in [1.165, 1.54) is 17.0 Å². The Kier molecular flexibility index (Phi) is 4.90. The highest BCUT2D eigenvalue weighted by atomic mass is 19.1. The van der Waals surface area contributed by atoms with Gasteiger partial charge >= 0.3 is 0 Å². The topological polar surface area (TPSA) is 83.6 Å². The van der Waals surface area contributed by atoms with Crippen LogP contribution in [0.4, 0.5) is 4.39 Å². The van der Waals surface area contributed by atoms with Gasteiger partial charge in [0.25, 0.3) is 0 Å². The van der Waals surface area contributed by atoms with Gasteiger partial charge in [-0.1, -0.05) is 12.1 Å². The average Bonchev–Trinajstić information content (AvgIpc) is 2.46. The summed E-state index contributed by atoms with van der Waals surface area (Å²) in [6, 6.07) is 5.23. The van der Waals surface area contributed by atoms with Gasteiger partial charge in [0.15, 0.2) is 0 Å². The molecule has 2 atom stereocenters. The first-order valence-corrected chi connectivity index (χ1v) is 6.98. The minimum Gasteiger partial charge on any atom is -0.393 e. The van der Waals surface area contributed by atoms with E-state index in [1.807, 2.05) is 0 Å². The minimum atomic E-state index is -0.741. The maximum Gasteiger partial charge on any atom is 0.240 e. The normalized spacial score (nSPS) is 22.1. The molecule has 0 aliphatic carbocycles. The molecule has 2 rings (SSSR count). The molecule has 114 valence electrons. The zero-order valence-electron chi connectivity index (χ0n) is 11.7. The number of aryl methyl sites for hydroxylation is 1. The van der Waals surface area contributed by atoms with Crippen LogP contribution in [0.1, 0.15) is 24.8 Å². The van der Waals surface area contributed by atoms with Crippen molar-refractivity contribution in [2.45, 2.75) is 37.8 Å². The number of nitrogens with zero attached hydrogens (tertiary/aromatic N) is 1. The van der Waals surface area contributed by atoms with Crippen LogP contribution in [0, 0.1) is 5.82 Å². The lowest BCUT2D eigenvalue weighted by molar-refractivity contribution is -0.143. The SMILES string of the molecule is NC(=O)C1CC(O)CCN1C(=O)CCc1ccc(F)cc1. The quantitative estimate of drug-likeness (QED) is 0.852. The number of aliphatic hydroxyl groups is 1. The van der Waals surface area contributed by atoms with E-state index >= 15 is 0 Å².